The molecular weight excluding hydrogens is 138 g/mol. The van der Waals surface area contributed by atoms with Gasteiger partial charge in [-0.25, -0.2) is 0 Å². The Morgan fingerprint density at radius 3 is 2.45 bits per heavy atom. The summed E-state index contributed by atoms with van der Waals surface area (Å²) in [4.78, 5) is 0. The van der Waals surface area contributed by atoms with Gasteiger partial charge in [0.1, 0.15) is 0 Å². The summed E-state index contributed by atoms with van der Waals surface area (Å²) < 4.78 is 0. The maximum absolute atomic E-state index is 8.98. The molecule has 0 unspecified atom stereocenters. The minimum absolute atomic E-state index is 0.348. The Morgan fingerprint density at radius 1 is 1.27 bits per heavy atom. The van der Waals surface area contributed by atoms with Crippen molar-refractivity contribution in [1.29, 1.82) is 0 Å². The van der Waals surface area contributed by atoms with Gasteiger partial charge in [-0.1, -0.05) is 6.92 Å². The highest BCUT2D eigenvalue weighted by molar-refractivity contribution is 4.76. The molecule has 0 amide bonds. The summed E-state index contributed by atoms with van der Waals surface area (Å²) >= 11 is 0. The van der Waals surface area contributed by atoms with Crippen molar-refractivity contribution in [3.63, 3.8) is 0 Å². The molecule has 1 saturated carbocycles. The van der Waals surface area contributed by atoms with Crippen LogP contribution in [-0.4, -0.2) is 18.3 Å². The summed E-state index contributed by atoms with van der Waals surface area (Å²) in [6, 6.07) is 0. The zero-order valence-electron chi connectivity index (χ0n) is 7.29. The molecule has 0 aromatic rings. The fourth-order valence-corrected chi connectivity index (χ4v) is 2.24. The van der Waals surface area contributed by atoms with Crippen molar-refractivity contribution >= 4 is 0 Å². The Bertz CT molecular complexity index is 104. The van der Waals surface area contributed by atoms with Crippen LogP contribution in [0.3, 0.4) is 0 Å². The van der Waals surface area contributed by atoms with Crippen molar-refractivity contribution in [3.05, 3.63) is 0 Å². The van der Waals surface area contributed by atoms with Crippen LogP contribution in [0.15, 0.2) is 0 Å². The molecule has 0 aliphatic heterocycles. The maximum Gasteiger partial charge on any atom is 0.0459 e. The summed E-state index contributed by atoms with van der Waals surface area (Å²) in [6.07, 6.45) is 3.58. The Balaban J connectivity index is 2.37. The van der Waals surface area contributed by atoms with Crippen LogP contribution in [0.5, 0.6) is 0 Å². The Hall–Kier alpha value is -0.0800. The van der Waals surface area contributed by atoms with Gasteiger partial charge in [0, 0.05) is 6.61 Å². The third-order valence-corrected chi connectivity index (χ3v) is 2.73. The molecule has 1 rings (SSSR count). The standard InChI is InChI=1S/C9H19NO/c1-7-2-8(5-10)4-9(3-7)6-11/h7-9,11H,2-6,10H2,1H3/t7-,8-,9-/m1/s1. The highest BCUT2D eigenvalue weighted by Crippen LogP contribution is 2.31. The maximum atomic E-state index is 8.98. The molecule has 0 aromatic heterocycles. The van der Waals surface area contributed by atoms with Gasteiger partial charge in [-0.15, -0.1) is 0 Å². The quantitative estimate of drug-likeness (QED) is 0.628. The van der Waals surface area contributed by atoms with E-state index in [4.69, 9.17) is 10.8 Å². The summed E-state index contributed by atoms with van der Waals surface area (Å²) in [7, 11) is 0. The zero-order chi connectivity index (χ0) is 8.27. The molecule has 0 saturated heterocycles. The highest BCUT2D eigenvalue weighted by atomic mass is 16.3. The largest absolute Gasteiger partial charge is 0.396 e. The Kier molecular flexibility index (Phi) is 3.34. The fourth-order valence-electron chi connectivity index (χ4n) is 2.24. The average molecular weight is 157 g/mol. The van der Waals surface area contributed by atoms with Crippen LogP contribution >= 0.6 is 0 Å². The van der Waals surface area contributed by atoms with E-state index in [-0.39, 0.29) is 0 Å². The lowest BCUT2D eigenvalue weighted by molar-refractivity contribution is 0.134. The van der Waals surface area contributed by atoms with Crippen molar-refractivity contribution in [1.82, 2.24) is 0 Å². The van der Waals surface area contributed by atoms with Crippen molar-refractivity contribution in [2.45, 2.75) is 26.2 Å². The molecule has 1 fully saturated rings. The molecule has 3 N–H and O–H groups in total. The number of hydrogen-bond donors (Lipinski definition) is 2. The van der Waals surface area contributed by atoms with E-state index in [1.54, 1.807) is 0 Å². The Labute approximate surface area is 68.8 Å². The molecule has 0 aromatic carbocycles. The monoisotopic (exact) mass is 157 g/mol. The molecule has 3 atom stereocenters. The van der Waals surface area contributed by atoms with Crippen LogP contribution < -0.4 is 5.73 Å². The Morgan fingerprint density at radius 2 is 1.91 bits per heavy atom. The lowest BCUT2D eigenvalue weighted by atomic mass is 9.76. The predicted molar refractivity (Wildman–Crippen MR) is 46.1 cm³/mol. The van der Waals surface area contributed by atoms with Gasteiger partial charge < -0.3 is 10.8 Å². The van der Waals surface area contributed by atoms with Gasteiger partial charge in [-0.05, 0) is 43.6 Å². The zero-order valence-corrected chi connectivity index (χ0v) is 7.29. The molecule has 0 radical (unpaired) electrons. The normalized spacial score (nSPS) is 39.0. The van der Waals surface area contributed by atoms with Crippen molar-refractivity contribution in [2.75, 3.05) is 13.2 Å². The summed E-state index contributed by atoms with van der Waals surface area (Å²) in [5, 5.41) is 8.98. The number of aliphatic hydroxyl groups is 1. The van der Waals surface area contributed by atoms with Gasteiger partial charge >= 0.3 is 0 Å². The van der Waals surface area contributed by atoms with E-state index in [2.05, 4.69) is 6.92 Å². The molecule has 1 aliphatic rings. The van der Waals surface area contributed by atoms with Crippen LogP contribution in [0.4, 0.5) is 0 Å². The molecule has 1 aliphatic carbocycles. The second kappa shape index (κ2) is 4.07. The first-order valence-electron chi connectivity index (χ1n) is 4.57. The molecule has 0 spiro atoms. The van der Waals surface area contributed by atoms with Gasteiger partial charge in [0.15, 0.2) is 0 Å². The summed E-state index contributed by atoms with van der Waals surface area (Å²) in [6.45, 7) is 3.39. The van der Waals surface area contributed by atoms with Crippen LogP contribution in [0.1, 0.15) is 26.2 Å². The van der Waals surface area contributed by atoms with Crippen molar-refractivity contribution < 1.29 is 5.11 Å². The predicted octanol–water partition coefficient (Wildman–Crippen LogP) is 0.990. The summed E-state index contributed by atoms with van der Waals surface area (Å²) in [5.74, 6) is 1.94. The second-order valence-electron chi connectivity index (χ2n) is 3.96. The molecule has 66 valence electrons. The van der Waals surface area contributed by atoms with E-state index in [1.165, 1.54) is 12.8 Å². The van der Waals surface area contributed by atoms with E-state index < -0.39 is 0 Å². The average Bonchev–Trinajstić information content (AvgIpc) is 2.03. The molecule has 11 heavy (non-hydrogen) atoms. The van der Waals surface area contributed by atoms with Gasteiger partial charge in [0.2, 0.25) is 0 Å². The van der Waals surface area contributed by atoms with E-state index in [0.717, 1.165) is 18.9 Å². The third kappa shape index (κ3) is 2.46. The first-order chi connectivity index (χ1) is 5.26. The first kappa shape index (κ1) is 9.01. The third-order valence-electron chi connectivity index (χ3n) is 2.73. The minimum Gasteiger partial charge on any atom is -0.396 e. The van der Waals surface area contributed by atoms with Crippen LogP contribution in [-0.2, 0) is 0 Å². The number of aliphatic hydroxyl groups excluding tert-OH is 1. The van der Waals surface area contributed by atoms with Gasteiger partial charge in [-0.2, -0.15) is 0 Å². The van der Waals surface area contributed by atoms with Crippen LogP contribution in [0.25, 0.3) is 0 Å². The molecular formula is C9H19NO. The van der Waals surface area contributed by atoms with E-state index in [0.29, 0.717) is 18.4 Å². The van der Waals surface area contributed by atoms with E-state index in [9.17, 15) is 0 Å². The van der Waals surface area contributed by atoms with Crippen molar-refractivity contribution in [2.24, 2.45) is 23.5 Å². The van der Waals surface area contributed by atoms with E-state index in [1.807, 2.05) is 0 Å². The first-order valence-corrected chi connectivity index (χ1v) is 4.57. The topological polar surface area (TPSA) is 46.2 Å². The van der Waals surface area contributed by atoms with Crippen molar-refractivity contribution in [3.8, 4) is 0 Å². The lowest BCUT2D eigenvalue weighted by Gasteiger charge is -2.31. The minimum atomic E-state index is 0.348. The molecule has 0 bridgehead atoms. The van der Waals surface area contributed by atoms with Crippen LogP contribution in [0.2, 0.25) is 0 Å². The molecule has 2 heteroatoms. The van der Waals surface area contributed by atoms with Crippen LogP contribution in [0, 0.1) is 17.8 Å². The number of rotatable bonds is 2. The highest BCUT2D eigenvalue weighted by Gasteiger charge is 2.24. The van der Waals surface area contributed by atoms with Gasteiger partial charge in [-0.3, -0.25) is 0 Å². The molecule has 2 nitrogen and oxygen atoms in total. The number of hydrogen-bond acceptors (Lipinski definition) is 2. The van der Waals surface area contributed by atoms with Gasteiger partial charge in [0.05, 0.1) is 0 Å². The SMILES string of the molecule is C[C@@H]1C[C@@H](CN)C[C@H](CO)C1. The summed E-state index contributed by atoms with van der Waals surface area (Å²) in [5.41, 5.74) is 5.60. The van der Waals surface area contributed by atoms with Gasteiger partial charge in [0.25, 0.3) is 0 Å². The molecule has 0 heterocycles. The van der Waals surface area contributed by atoms with E-state index >= 15 is 0 Å². The fraction of sp³-hybridized carbons (Fsp3) is 1.00. The smallest absolute Gasteiger partial charge is 0.0459 e. The second-order valence-corrected chi connectivity index (χ2v) is 3.96. The number of nitrogens with two attached hydrogens (primary N) is 1. The lowest BCUT2D eigenvalue weighted by Crippen LogP contribution is -2.28.